The summed E-state index contributed by atoms with van der Waals surface area (Å²) in [6, 6.07) is 41.9. The Labute approximate surface area is 297 Å². The molecule has 2 atom stereocenters. The Balaban J connectivity index is 1.47. The Bertz CT molecular complexity index is 1500. The summed E-state index contributed by atoms with van der Waals surface area (Å²) in [5, 5.41) is 3.24. The number of alkyl carbamates (subject to hydrolysis) is 1. The van der Waals surface area contributed by atoms with Crippen LogP contribution < -0.4 is 5.32 Å². The van der Waals surface area contributed by atoms with Gasteiger partial charge in [-0.1, -0.05) is 141 Å². The van der Waals surface area contributed by atoms with Crippen LogP contribution in [0.1, 0.15) is 69.2 Å². The second-order valence-electron chi connectivity index (χ2n) is 13.9. The zero-order chi connectivity index (χ0) is 34.7. The molecule has 7 heteroatoms. The van der Waals surface area contributed by atoms with Gasteiger partial charge in [-0.2, -0.15) is 0 Å². The van der Waals surface area contributed by atoms with E-state index in [0.29, 0.717) is 31.9 Å². The van der Waals surface area contributed by atoms with Crippen molar-refractivity contribution < 1.29 is 14.3 Å². The van der Waals surface area contributed by atoms with E-state index < -0.39 is 16.4 Å². The molecule has 5 rings (SSSR count). The van der Waals surface area contributed by atoms with Crippen LogP contribution in [0.25, 0.3) is 0 Å². The maximum absolute atomic E-state index is 13.7. The molecular weight excluding hydrogens is 627 g/mol. The first-order valence-electron chi connectivity index (χ1n) is 17.5. The second kappa shape index (κ2) is 17.0. The van der Waals surface area contributed by atoms with Gasteiger partial charge in [-0.25, -0.2) is 4.79 Å². The molecule has 6 nitrogen and oxygen atoms in total. The van der Waals surface area contributed by atoms with Crippen LogP contribution in [0.5, 0.6) is 0 Å². The standard InChI is InChI=1S/C42H51N3O3S/c1-5-6-27-38-30-45(28-33-19-11-7-12-20-33)39(46)31-44(38)29-37(43-40(47)48-41(2,3)4)32-49-42(34-21-13-8-14-22-34,35-23-15-9-16-24-35)36-25-17-10-18-26-36/h7-26,37-38H,5-6,27-32H2,1-4H3,(H,43,47)/t37-,38?/m0/s1. The number of nitrogens with zero attached hydrogens (tertiary/aromatic N) is 2. The molecule has 1 fully saturated rings. The number of nitrogens with one attached hydrogen (secondary N) is 1. The van der Waals surface area contributed by atoms with Gasteiger partial charge in [-0.05, 0) is 49.4 Å². The first kappa shape index (κ1) is 36.2. The lowest BCUT2D eigenvalue weighted by molar-refractivity contribution is -0.139. The van der Waals surface area contributed by atoms with Crippen molar-refractivity contribution in [1.29, 1.82) is 0 Å². The number of unbranched alkanes of at least 4 members (excludes halogenated alkanes) is 1. The van der Waals surface area contributed by atoms with Gasteiger partial charge in [0.15, 0.2) is 0 Å². The Morgan fingerprint density at radius 2 is 1.35 bits per heavy atom. The monoisotopic (exact) mass is 677 g/mol. The first-order valence-corrected chi connectivity index (χ1v) is 18.5. The van der Waals surface area contributed by atoms with Crippen LogP contribution in [0.2, 0.25) is 0 Å². The minimum Gasteiger partial charge on any atom is -0.444 e. The van der Waals surface area contributed by atoms with E-state index in [-0.39, 0.29) is 18.0 Å². The van der Waals surface area contributed by atoms with E-state index in [1.807, 2.05) is 73.8 Å². The highest BCUT2D eigenvalue weighted by Gasteiger charge is 2.39. The van der Waals surface area contributed by atoms with E-state index in [4.69, 9.17) is 4.74 Å². The van der Waals surface area contributed by atoms with Crippen LogP contribution in [0.3, 0.4) is 0 Å². The van der Waals surface area contributed by atoms with Crippen molar-refractivity contribution in [3.63, 3.8) is 0 Å². The summed E-state index contributed by atoms with van der Waals surface area (Å²) in [5.41, 5.74) is 4.00. The molecule has 0 bridgehead atoms. The molecule has 258 valence electrons. The fourth-order valence-electron chi connectivity index (χ4n) is 6.65. The van der Waals surface area contributed by atoms with Gasteiger partial charge in [0.25, 0.3) is 0 Å². The van der Waals surface area contributed by atoms with Crippen molar-refractivity contribution >= 4 is 23.8 Å². The minimum absolute atomic E-state index is 0.118. The van der Waals surface area contributed by atoms with Crippen molar-refractivity contribution in [2.24, 2.45) is 0 Å². The molecule has 0 saturated carbocycles. The summed E-state index contributed by atoms with van der Waals surface area (Å²) in [5.74, 6) is 0.712. The quantitative estimate of drug-likeness (QED) is 0.136. The fourth-order valence-corrected chi connectivity index (χ4v) is 8.20. The number of carbonyl (C=O) groups excluding carboxylic acids is 2. The first-order chi connectivity index (χ1) is 23.7. The van der Waals surface area contributed by atoms with Crippen molar-refractivity contribution in [1.82, 2.24) is 15.1 Å². The highest BCUT2D eigenvalue weighted by Crippen LogP contribution is 2.48. The number of hydrogen-bond acceptors (Lipinski definition) is 5. The van der Waals surface area contributed by atoms with Gasteiger partial charge in [-0.15, -0.1) is 11.8 Å². The number of hydrogen-bond donors (Lipinski definition) is 1. The topological polar surface area (TPSA) is 61.9 Å². The van der Waals surface area contributed by atoms with E-state index in [0.717, 1.165) is 24.8 Å². The van der Waals surface area contributed by atoms with Crippen molar-refractivity contribution in [2.75, 3.05) is 25.4 Å². The zero-order valence-electron chi connectivity index (χ0n) is 29.4. The minimum atomic E-state index is -0.633. The molecule has 49 heavy (non-hydrogen) atoms. The average molecular weight is 678 g/mol. The fraction of sp³-hybridized carbons (Fsp3) is 0.381. The molecule has 1 aliphatic rings. The van der Waals surface area contributed by atoms with E-state index >= 15 is 0 Å². The summed E-state index contributed by atoms with van der Waals surface area (Å²) in [7, 11) is 0. The molecule has 0 radical (unpaired) electrons. The van der Waals surface area contributed by atoms with Crippen LogP contribution in [0.4, 0.5) is 4.79 Å². The highest BCUT2D eigenvalue weighted by molar-refractivity contribution is 8.00. The van der Waals surface area contributed by atoms with Gasteiger partial charge in [0.05, 0.1) is 17.3 Å². The molecule has 0 aliphatic carbocycles. The van der Waals surface area contributed by atoms with Crippen LogP contribution in [0, 0.1) is 0 Å². The SMILES string of the molecule is CCCCC1CN(Cc2ccccc2)C(=O)CN1C[C@@H](CSC(c1ccccc1)(c1ccccc1)c1ccccc1)NC(=O)OC(C)(C)C. The smallest absolute Gasteiger partial charge is 0.407 e. The molecule has 0 aromatic heterocycles. The Morgan fingerprint density at radius 3 is 1.84 bits per heavy atom. The molecule has 1 heterocycles. The molecular formula is C42H51N3O3S. The third-order valence-corrected chi connectivity index (χ3v) is 10.7. The predicted octanol–water partition coefficient (Wildman–Crippen LogP) is 8.51. The largest absolute Gasteiger partial charge is 0.444 e. The van der Waals surface area contributed by atoms with Crippen LogP contribution >= 0.6 is 11.8 Å². The number of amides is 2. The van der Waals surface area contributed by atoms with Crippen molar-refractivity contribution in [2.45, 2.75) is 75.9 Å². The number of benzene rings is 4. The van der Waals surface area contributed by atoms with Gasteiger partial charge in [-0.3, -0.25) is 9.69 Å². The molecule has 4 aromatic carbocycles. The third-order valence-electron chi connectivity index (χ3n) is 8.96. The lowest BCUT2D eigenvalue weighted by atomic mass is 9.84. The lowest BCUT2D eigenvalue weighted by Crippen LogP contribution is -2.59. The molecule has 2 amide bonds. The van der Waals surface area contributed by atoms with Gasteiger partial charge in [0.1, 0.15) is 5.60 Å². The maximum Gasteiger partial charge on any atom is 0.407 e. The van der Waals surface area contributed by atoms with Gasteiger partial charge >= 0.3 is 6.09 Å². The predicted molar refractivity (Wildman–Crippen MR) is 202 cm³/mol. The molecule has 1 saturated heterocycles. The number of ether oxygens (including phenoxy) is 1. The van der Waals surface area contributed by atoms with Crippen LogP contribution in [0.15, 0.2) is 121 Å². The zero-order valence-corrected chi connectivity index (χ0v) is 30.2. The van der Waals surface area contributed by atoms with Crippen LogP contribution in [-0.2, 0) is 20.8 Å². The Hall–Kier alpha value is -4.07. The summed E-state index contributed by atoms with van der Waals surface area (Å²) in [4.78, 5) is 31.3. The number of carbonyl (C=O) groups is 2. The number of rotatable bonds is 14. The summed E-state index contributed by atoms with van der Waals surface area (Å²) in [6.07, 6.45) is 2.71. The maximum atomic E-state index is 13.7. The van der Waals surface area contributed by atoms with Crippen molar-refractivity contribution in [3.05, 3.63) is 144 Å². The summed E-state index contributed by atoms with van der Waals surface area (Å²) in [6.45, 7) is 9.99. The van der Waals surface area contributed by atoms with Crippen LogP contribution in [-0.4, -0.2) is 64.9 Å². The molecule has 1 N–H and O–H groups in total. The summed E-state index contributed by atoms with van der Waals surface area (Å²) >= 11 is 1.81. The van der Waals surface area contributed by atoms with E-state index in [2.05, 4.69) is 102 Å². The second-order valence-corrected chi connectivity index (χ2v) is 15.2. The lowest BCUT2D eigenvalue weighted by Gasteiger charge is -2.43. The third kappa shape index (κ3) is 9.77. The Morgan fingerprint density at radius 1 is 0.837 bits per heavy atom. The van der Waals surface area contributed by atoms with Gasteiger partial charge in [0.2, 0.25) is 5.91 Å². The normalized spacial score (nSPS) is 16.3. The number of piperazine rings is 1. The molecule has 4 aromatic rings. The molecule has 1 aliphatic heterocycles. The Kier molecular flexibility index (Phi) is 12.6. The molecule has 0 spiro atoms. The van der Waals surface area contributed by atoms with E-state index in [9.17, 15) is 9.59 Å². The van der Waals surface area contributed by atoms with Crippen molar-refractivity contribution in [3.8, 4) is 0 Å². The average Bonchev–Trinajstić information content (AvgIpc) is 3.10. The van der Waals surface area contributed by atoms with E-state index in [1.54, 1.807) is 0 Å². The summed E-state index contributed by atoms with van der Waals surface area (Å²) < 4.78 is 5.25. The highest BCUT2D eigenvalue weighted by atomic mass is 32.2. The van der Waals surface area contributed by atoms with Gasteiger partial charge < -0.3 is 15.0 Å². The molecule has 1 unspecified atom stereocenters. The van der Waals surface area contributed by atoms with Gasteiger partial charge in [0, 0.05) is 31.4 Å². The number of thioether (sulfide) groups is 1. The van der Waals surface area contributed by atoms with E-state index in [1.165, 1.54) is 16.7 Å².